The number of sulfonamides is 1. The summed E-state index contributed by atoms with van der Waals surface area (Å²) in [6.07, 6.45) is 0. The molecule has 0 spiro atoms. The lowest BCUT2D eigenvalue weighted by atomic mass is 10.2. The summed E-state index contributed by atoms with van der Waals surface area (Å²) in [5.74, 6) is -1.05. The van der Waals surface area contributed by atoms with Crippen molar-refractivity contribution in [3.05, 3.63) is 88.1 Å². The predicted octanol–water partition coefficient (Wildman–Crippen LogP) is 4.95. The number of hydrogen-bond donors (Lipinski definition) is 2. The highest BCUT2D eigenvalue weighted by Gasteiger charge is 2.19. The van der Waals surface area contributed by atoms with E-state index < -0.39 is 15.8 Å². The monoisotopic (exact) mass is 462 g/mol. The van der Waals surface area contributed by atoms with E-state index in [4.69, 9.17) is 0 Å². The fourth-order valence-corrected chi connectivity index (χ4v) is 4.12. The molecule has 0 saturated carbocycles. The van der Waals surface area contributed by atoms with Crippen LogP contribution in [-0.4, -0.2) is 14.3 Å². The van der Waals surface area contributed by atoms with Gasteiger partial charge in [-0.25, -0.2) is 12.8 Å². The lowest BCUT2D eigenvalue weighted by Gasteiger charge is -2.13. The Hall–Kier alpha value is -2.71. The number of anilines is 2. The van der Waals surface area contributed by atoms with E-state index in [1.54, 1.807) is 43.3 Å². The Morgan fingerprint density at radius 2 is 1.68 bits per heavy atom. The molecule has 0 fully saturated rings. The second kappa shape index (κ2) is 8.12. The molecule has 3 rings (SSSR count). The van der Waals surface area contributed by atoms with E-state index in [0.29, 0.717) is 16.8 Å². The van der Waals surface area contributed by atoms with Crippen molar-refractivity contribution in [1.82, 2.24) is 0 Å². The molecule has 28 heavy (non-hydrogen) atoms. The van der Waals surface area contributed by atoms with E-state index in [9.17, 15) is 17.6 Å². The topological polar surface area (TPSA) is 75.3 Å². The number of rotatable bonds is 5. The summed E-state index contributed by atoms with van der Waals surface area (Å²) in [5, 5.41) is 2.67. The van der Waals surface area contributed by atoms with Crippen molar-refractivity contribution in [2.45, 2.75) is 11.8 Å². The van der Waals surface area contributed by atoms with Gasteiger partial charge in [0, 0.05) is 15.7 Å². The van der Waals surface area contributed by atoms with E-state index >= 15 is 0 Å². The molecular formula is C20H16BrFN2O3S. The van der Waals surface area contributed by atoms with Gasteiger partial charge in [-0.15, -0.1) is 0 Å². The molecule has 0 aliphatic carbocycles. The Morgan fingerprint density at radius 1 is 1.00 bits per heavy atom. The zero-order valence-electron chi connectivity index (χ0n) is 14.7. The smallest absolute Gasteiger partial charge is 0.262 e. The van der Waals surface area contributed by atoms with Crippen LogP contribution in [0.5, 0.6) is 0 Å². The molecule has 0 aromatic heterocycles. The van der Waals surface area contributed by atoms with Gasteiger partial charge < -0.3 is 5.32 Å². The van der Waals surface area contributed by atoms with Crippen LogP contribution in [0, 0.1) is 12.7 Å². The summed E-state index contributed by atoms with van der Waals surface area (Å²) in [6.45, 7) is 1.62. The standard InChI is InChI=1S/C20H16BrFN2O3S/c1-13-6-11-16(23-20(25)14-7-9-15(21)10-8-14)12-19(13)28(26,27)24-18-5-3-2-4-17(18)22/h2-12,24H,1H3,(H,23,25). The van der Waals surface area contributed by atoms with Crippen molar-refractivity contribution in [1.29, 1.82) is 0 Å². The van der Waals surface area contributed by atoms with Crippen LogP contribution in [-0.2, 0) is 10.0 Å². The Balaban J connectivity index is 1.87. The number of hydrogen-bond acceptors (Lipinski definition) is 3. The average molecular weight is 463 g/mol. The fraction of sp³-hybridized carbons (Fsp3) is 0.0500. The molecule has 0 aliphatic heterocycles. The second-order valence-corrected chi connectivity index (χ2v) is 8.59. The van der Waals surface area contributed by atoms with Gasteiger partial charge in [-0.3, -0.25) is 9.52 Å². The van der Waals surface area contributed by atoms with Gasteiger partial charge in [0.1, 0.15) is 5.82 Å². The van der Waals surface area contributed by atoms with E-state index in [2.05, 4.69) is 26.0 Å². The van der Waals surface area contributed by atoms with Crippen LogP contribution in [0.15, 0.2) is 76.1 Å². The molecule has 0 bridgehead atoms. The van der Waals surface area contributed by atoms with Crippen molar-refractivity contribution < 1.29 is 17.6 Å². The number of benzene rings is 3. The third-order valence-electron chi connectivity index (χ3n) is 3.96. The Labute approximate surface area is 170 Å². The van der Waals surface area contributed by atoms with Crippen LogP contribution in [0.25, 0.3) is 0 Å². The van der Waals surface area contributed by atoms with Crippen LogP contribution in [0.1, 0.15) is 15.9 Å². The van der Waals surface area contributed by atoms with Gasteiger partial charge in [-0.1, -0.05) is 34.1 Å². The maximum atomic E-state index is 13.8. The largest absolute Gasteiger partial charge is 0.322 e. The zero-order valence-corrected chi connectivity index (χ0v) is 17.1. The fourth-order valence-electron chi connectivity index (χ4n) is 2.52. The lowest BCUT2D eigenvalue weighted by Crippen LogP contribution is -2.17. The van der Waals surface area contributed by atoms with E-state index in [0.717, 1.165) is 4.47 Å². The molecule has 0 saturated heterocycles. The van der Waals surface area contributed by atoms with E-state index in [1.165, 1.54) is 30.3 Å². The Kier molecular flexibility index (Phi) is 5.81. The first-order valence-corrected chi connectivity index (χ1v) is 10.5. The predicted molar refractivity (Wildman–Crippen MR) is 110 cm³/mol. The van der Waals surface area contributed by atoms with Crippen LogP contribution in [0.3, 0.4) is 0 Å². The van der Waals surface area contributed by atoms with Gasteiger partial charge in [0.05, 0.1) is 10.6 Å². The third-order valence-corrected chi connectivity index (χ3v) is 6.00. The number of amides is 1. The number of carbonyl (C=O) groups is 1. The molecule has 0 unspecified atom stereocenters. The quantitative estimate of drug-likeness (QED) is 0.563. The first-order valence-electron chi connectivity index (χ1n) is 8.21. The first kappa shape index (κ1) is 20.0. The number of nitrogens with one attached hydrogen (secondary N) is 2. The minimum atomic E-state index is -4.04. The van der Waals surface area contributed by atoms with Crippen LogP contribution >= 0.6 is 15.9 Å². The second-order valence-electron chi connectivity index (χ2n) is 6.03. The summed E-state index contributed by atoms with van der Waals surface area (Å²) in [7, 11) is -4.04. The van der Waals surface area contributed by atoms with E-state index in [-0.39, 0.29) is 16.5 Å². The number of para-hydroxylation sites is 1. The van der Waals surface area contributed by atoms with Crippen molar-refractivity contribution in [3.63, 3.8) is 0 Å². The molecule has 0 radical (unpaired) electrons. The molecular weight excluding hydrogens is 447 g/mol. The number of halogens is 2. The summed E-state index contributed by atoms with van der Waals surface area (Å²) in [5.41, 5.74) is 1.06. The normalized spacial score (nSPS) is 11.1. The molecule has 3 aromatic carbocycles. The highest BCUT2D eigenvalue weighted by molar-refractivity contribution is 9.10. The van der Waals surface area contributed by atoms with Crippen molar-refractivity contribution in [2.24, 2.45) is 0 Å². The number of aryl methyl sites for hydroxylation is 1. The summed E-state index contributed by atoms with van der Waals surface area (Å²) in [4.78, 5) is 12.3. The molecule has 8 heteroatoms. The third kappa shape index (κ3) is 4.58. The van der Waals surface area contributed by atoms with Crippen molar-refractivity contribution >= 4 is 43.2 Å². The van der Waals surface area contributed by atoms with E-state index in [1.807, 2.05) is 0 Å². The summed E-state index contributed by atoms with van der Waals surface area (Å²) in [6, 6.07) is 16.8. The van der Waals surface area contributed by atoms with Crippen LogP contribution in [0.2, 0.25) is 0 Å². The van der Waals surface area contributed by atoms with Crippen LogP contribution in [0.4, 0.5) is 15.8 Å². The molecule has 5 nitrogen and oxygen atoms in total. The van der Waals surface area contributed by atoms with Crippen LogP contribution < -0.4 is 10.0 Å². The van der Waals surface area contributed by atoms with Gasteiger partial charge in [0.2, 0.25) is 0 Å². The molecule has 3 aromatic rings. The van der Waals surface area contributed by atoms with Crippen molar-refractivity contribution in [3.8, 4) is 0 Å². The molecule has 0 heterocycles. The maximum Gasteiger partial charge on any atom is 0.262 e. The molecule has 2 N–H and O–H groups in total. The first-order chi connectivity index (χ1) is 13.3. The molecule has 0 atom stereocenters. The minimum Gasteiger partial charge on any atom is -0.322 e. The molecule has 144 valence electrons. The lowest BCUT2D eigenvalue weighted by molar-refractivity contribution is 0.102. The van der Waals surface area contributed by atoms with Gasteiger partial charge in [-0.05, 0) is 61.0 Å². The Bertz CT molecular complexity index is 1130. The van der Waals surface area contributed by atoms with Crippen molar-refractivity contribution in [2.75, 3.05) is 10.0 Å². The molecule has 1 amide bonds. The van der Waals surface area contributed by atoms with Gasteiger partial charge in [0.15, 0.2) is 0 Å². The van der Waals surface area contributed by atoms with Gasteiger partial charge in [0.25, 0.3) is 15.9 Å². The highest BCUT2D eigenvalue weighted by Crippen LogP contribution is 2.24. The SMILES string of the molecule is Cc1ccc(NC(=O)c2ccc(Br)cc2)cc1S(=O)(=O)Nc1ccccc1F. The van der Waals surface area contributed by atoms with Gasteiger partial charge >= 0.3 is 0 Å². The van der Waals surface area contributed by atoms with Gasteiger partial charge in [-0.2, -0.15) is 0 Å². The summed E-state index contributed by atoms with van der Waals surface area (Å²) < 4.78 is 42.3. The zero-order chi connectivity index (χ0) is 20.3. The number of carbonyl (C=O) groups excluding carboxylic acids is 1. The molecule has 0 aliphatic rings. The highest BCUT2D eigenvalue weighted by atomic mass is 79.9. The summed E-state index contributed by atoms with van der Waals surface area (Å²) >= 11 is 3.30. The Morgan fingerprint density at radius 3 is 2.36 bits per heavy atom. The average Bonchev–Trinajstić information content (AvgIpc) is 2.65. The maximum absolute atomic E-state index is 13.8. The minimum absolute atomic E-state index is 0.0515.